The molecular formula is C17H16N2O4S2. The Morgan fingerprint density at radius 2 is 1.84 bits per heavy atom. The number of thioether (sulfide) groups is 1. The van der Waals surface area contributed by atoms with Gasteiger partial charge in [0.05, 0.1) is 15.8 Å². The minimum Gasteiger partial charge on any atom is -0.324 e. The van der Waals surface area contributed by atoms with Gasteiger partial charge in [-0.25, -0.2) is 8.42 Å². The van der Waals surface area contributed by atoms with Crippen molar-refractivity contribution in [3.8, 4) is 0 Å². The van der Waals surface area contributed by atoms with Crippen LogP contribution in [0.5, 0.6) is 0 Å². The molecule has 1 unspecified atom stereocenters. The van der Waals surface area contributed by atoms with E-state index >= 15 is 0 Å². The van der Waals surface area contributed by atoms with Crippen molar-refractivity contribution in [2.45, 2.75) is 22.0 Å². The number of anilines is 2. The Kier molecular flexibility index (Phi) is 4.57. The lowest BCUT2D eigenvalue weighted by atomic mass is 10.1. The van der Waals surface area contributed by atoms with Crippen LogP contribution < -0.4 is 10.6 Å². The predicted molar refractivity (Wildman–Crippen MR) is 97.9 cm³/mol. The monoisotopic (exact) mass is 376 g/mol. The molecule has 0 saturated carbocycles. The fraction of sp³-hybridized carbons (Fsp3) is 0.176. The molecule has 8 heteroatoms. The van der Waals surface area contributed by atoms with E-state index in [9.17, 15) is 18.0 Å². The third kappa shape index (κ3) is 3.85. The first-order valence-corrected chi connectivity index (χ1v) is 10.2. The van der Waals surface area contributed by atoms with Gasteiger partial charge in [0.2, 0.25) is 5.91 Å². The molecule has 2 amide bonds. The number of nitrogens with one attached hydrogen (secondary N) is 2. The van der Waals surface area contributed by atoms with Crippen molar-refractivity contribution in [3.05, 3.63) is 48.0 Å². The second-order valence-electron chi connectivity index (χ2n) is 5.71. The number of benzene rings is 2. The topological polar surface area (TPSA) is 92.3 Å². The molecule has 0 bridgehead atoms. The van der Waals surface area contributed by atoms with E-state index in [1.807, 2.05) is 6.92 Å². The summed E-state index contributed by atoms with van der Waals surface area (Å²) in [6, 6.07) is 11.1. The van der Waals surface area contributed by atoms with Crippen LogP contribution in [0.25, 0.3) is 0 Å². The maximum Gasteiger partial charge on any atom is 0.255 e. The van der Waals surface area contributed by atoms with Crippen molar-refractivity contribution in [1.82, 2.24) is 0 Å². The second kappa shape index (κ2) is 6.53. The molecule has 6 nitrogen and oxygen atoms in total. The Hall–Kier alpha value is -2.32. The van der Waals surface area contributed by atoms with Crippen LogP contribution in [0, 0.1) is 0 Å². The minimum atomic E-state index is -3.28. The minimum absolute atomic E-state index is 0.0913. The molecule has 2 aromatic carbocycles. The first kappa shape index (κ1) is 17.5. The summed E-state index contributed by atoms with van der Waals surface area (Å²) in [6.45, 7) is 1.82. The molecule has 1 aliphatic heterocycles. The summed E-state index contributed by atoms with van der Waals surface area (Å²) in [5.41, 5.74) is 1.51. The van der Waals surface area contributed by atoms with Crippen molar-refractivity contribution in [2.24, 2.45) is 0 Å². The zero-order valence-electron chi connectivity index (χ0n) is 13.6. The molecule has 25 heavy (non-hydrogen) atoms. The summed E-state index contributed by atoms with van der Waals surface area (Å²) >= 11 is 1.45. The number of carbonyl (C=O) groups is 2. The van der Waals surface area contributed by atoms with Gasteiger partial charge in [-0.3, -0.25) is 9.59 Å². The van der Waals surface area contributed by atoms with Gasteiger partial charge in [-0.05, 0) is 49.4 Å². The van der Waals surface area contributed by atoms with Gasteiger partial charge >= 0.3 is 0 Å². The molecule has 0 fully saturated rings. The van der Waals surface area contributed by atoms with Gasteiger partial charge in [-0.2, -0.15) is 0 Å². The molecule has 1 heterocycles. The van der Waals surface area contributed by atoms with Gasteiger partial charge in [0.25, 0.3) is 5.91 Å². The van der Waals surface area contributed by atoms with Crippen LogP contribution in [-0.2, 0) is 14.6 Å². The molecule has 1 aliphatic rings. The van der Waals surface area contributed by atoms with E-state index < -0.39 is 9.84 Å². The summed E-state index contributed by atoms with van der Waals surface area (Å²) in [5.74, 6) is -0.431. The molecule has 2 N–H and O–H groups in total. The number of hydrogen-bond acceptors (Lipinski definition) is 5. The Morgan fingerprint density at radius 1 is 1.16 bits per heavy atom. The summed E-state index contributed by atoms with van der Waals surface area (Å²) in [5, 5.41) is 5.33. The van der Waals surface area contributed by atoms with Crippen molar-refractivity contribution >= 4 is 44.8 Å². The van der Waals surface area contributed by atoms with Crippen molar-refractivity contribution < 1.29 is 18.0 Å². The lowest BCUT2D eigenvalue weighted by Gasteiger charge is -2.21. The summed E-state index contributed by atoms with van der Waals surface area (Å²) < 4.78 is 22.9. The Bertz CT molecular complexity index is 953. The average molecular weight is 376 g/mol. The van der Waals surface area contributed by atoms with Crippen LogP contribution in [-0.4, -0.2) is 31.7 Å². The van der Waals surface area contributed by atoms with Crippen LogP contribution in [0.15, 0.2) is 52.3 Å². The van der Waals surface area contributed by atoms with Gasteiger partial charge in [0, 0.05) is 22.4 Å². The molecule has 130 valence electrons. The highest BCUT2D eigenvalue weighted by atomic mass is 32.2. The van der Waals surface area contributed by atoms with E-state index in [4.69, 9.17) is 0 Å². The van der Waals surface area contributed by atoms with Gasteiger partial charge in [-0.1, -0.05) is 0 Å². The fourth-order valence-corrected chi connectivity index (χ4v) is 3.90. The molecule has 3 rings (SSSR count). The van der Waals surface area contributed by atoms with Crippen molar-refractivity contribution in [3.63, 3.8) is 0 Å². The normalized spacial score (nSPS) is 16.7. The maximum atomic E-state index is 12.4. The molecule has 1 atom stereocenters. The largest absolute Gasteiger partial charge is 0.324 e. The molecule has 0 spiro atoms. The quantitative estimate of drug-likeness (QED) is 0.859. The number of amides is 2. The fourth-order valence-electron chi connectivity index (χ4n) is 2.34. The standard InChI is InChI=1S/C17H16N2O4S2/c1-10-16(20)19-14-9-11(3-8-15(14)24-10)17(21)18-12-4-6-13(7-5-12)25(2,22)23/h3-10H,1-2H3,(H,18,21)(H,19,20). The highest BCUT2D eigenvalue weighted by molar-refractivity contribution is 8.01. The molecule has 0 saturated heterocycles. The van der Waals surface area contributed by atoms with Crippen molar-refractivity contribution in [1.29, 1.82) is 0 Å². The van der Waals surface area contributed by atoms with Crippen LogP contribution >= 0.6 is 11.8 Å². The summed E-state index contributed by atoms with van der Waals surface area (Å²) in [6.07, 6.45) is 1.13. The van der Waals surface area contributed by atoms with Crippen LogP contribution in [0.3, 0.4) is 0 Å². The van der Waals surface area contributed by atoms with E-state index in [1.54, 1.807) is 18.2 Å². The summed E-state index contributed by atoms with van der Waals surface area (Å²) in [4.78, 5) is 25.2. The molecule has 0 radical (unpaired) electrons. The Morgan fingerprint density at radius 3 is 2.48 bits per heavy atom. The third-order valence-corrected chi connectivity index (χ3v) is 6.02. The number of carbonyl (C=O) groups excluding carboxylic acids is 2. The van der Waals surface area contributed by atoms with Gasteiger partial charge in [-0.15, -0.1) is 11.8 Å². The van der Waals surface area contributed by atoms with E-state index in [1.165, 1.54) is 36.0 Å². The zero-order valence-corrected chi connectivity index (χ0v) is 15.2. The van der Waals surface area contributed by atoms with Gasteiger partial charge < -0.3 is 10.6 Å². The lowest BCUT2D eigenvalue weighted by molar-refractivity contribution is -0.115. The number of fused-ring (bicyclic) bond motifs is 1. The molecule has 0 aliphatic carbocycles. The molecular weight excluding hydrogens is 360 g/mol. The number of hydrogen-bond donors (Lipinski definition) is 2. The zero-order chi connectivity index (χ0) is 18.2. The lowest BCUT2D eigenvalue weighted by Crippen LogP contribution is -2.26. The first-order chi connectivity index (χ1) is 11.7. The van der Waals surface area contributed by atoms with E-state index in [2.05, 4.69) is 10.6 Å². The smallest absolute Gasteiger partial charge is 0.255 e. The van der Waals surface area contributed by atoms with E-state index in [-0.39, 0.29) is 22.0 Å². The van der Waals surface area contributed by atoms with Gasteiger partial charge in [0.1, 0.15) is 0 Å². The Labute approximate surface area is 149 Å². The molecule has 2 aromatic rings. The number of rotatable bonds is 3. The maximum absolute atomic E-state index is 12.4. The van der Waals surface area contributed by atoms with Crippen molar-refractivity contribution in [2.75, 3.05) is 16.9 Å². The second-order valence-corrected chi connectivity index (χ2v) is 9.11. The third-order valence-electron chi connectivity index (χ3n) is 3.71. The molecule has 0 aromatic heterocycles. The van der Waals surface area contributed by atoms with Crippen LogP contribution in [0.2, 0.25) is 0 Å². The SMILES string of the molecule is CC1Sc2ccc(C(=O)Nc3ccc(S(C)(=O)=O)cc3)cc2NC1=O. The van der Waals surface area contributed by atoms with E-state index in [0.717, 1.165) is 11.2 Å². The highest BCUT2D eigenvalue weighted by Crippen LogP contribution is 2.36. The average Bonchev–Trinajstić information content (AvgIpc) is 2.55. The van der Waals surface area contributed by atoms with Crippen LogP contribution in [0.4, 0.5) is 11.4 Å². The number of sulfone groups is 1. The predicted octanol–water partition coefficient (Wildman–Crippen LogP) is 2.78. The van der Waals surface area contributed by atoms with E-state index in [0.29, 0.717) is 16.9 Å². The first-order valence-electron chi connectivity index (χ1n) is 7.47. The van der Waals surface area contributed by atoms with Gasteiger partial charge in [0.15, 0.2) is 9.84 Å². The summed E-state index contributed by atoms with van der Waals surface area (Å²) in [7, 11) is -3.28. The highest BCUT2D eigenvalue weighted by Gasteiger charge is 2.23. The Balaban J connectivity index is 1.78. The van der Waals surface area contributed by atoms with Crippen LogP contribution in [0.1, 0.15) is 17.3 Å².